The van der Waals surface area contributed by atoms with E-state index >= 15 is 0 Å². The highest BCUT2D eigenvalue weighted by Gasteiger charge is 2.31. The highest BCUT2D eigenvalue weighted by Crippen LogP contribution is 2.26. The second-order valence-corrected chi connectivity index (χ2v) is 6.52. The Bertz CT molecular complexity index is 839. The van der Waals surface area contributed by atoms with Gasteiger partial charge in [0.15, 0.2) is 0 Å². The topological polar surface area (TPSA) is 101 Å². The minimum atomic E-state index is -0.429. The number of carbonyl (C=O) groups is 1. The summed E-state index contributed by atoms with van der Waals surface area (Å²) in [6, 6.07) is 1.41. The van der Waals surface area contributed by atoms with Gasteiger partial charge in [0.05, 0.1) is 24.5 Å². The highest BCUT2D eigenvalue weighted by molar-refractivity contribution is 5.96. The molecule has 0 aromatic carbocycles. The summed E-state index contributed by atoms with van der Waals surface area (Å²) in [4.78, 5) is 33.3. The third-order valence-corrected chi connectivity index (χ3v) is 4.21. The van der Waals surface area contributed by atoms with Gasteiger partial charge in [-0.15, -0.1) is 0 Å². The number of hydrogen-bond acceptors (Lipinski definition) is 6. The summed E-state index contributed by atoms with van der Waals surface area (Å²) in [6.07, 6.45) is -0.429. The van der Waals surface area contributed by atoms with Gasteiger partial charge in [0.25, 0.3) is 11.5 Å². The van der Waals surface area contributed by atoms with Crippen molar-refractivity contribution in [2.45, 2.75) is 39.7 Å². The maximum absolute atomic E-state index is 13.0. The molecular formula is C17H22N4O4. The summed E-state index contributed by atoms with van der Waals surface area (Å²) in [7, 11) is 0. The van der Waals surface area contributed by atoms with Crippen LogP contribution in [0.25, 0.3) is 0 Å². The Labute approximate surface area is 145 Å². The number of aromatic nitrogens is 3. The van der Waals surface area contributed by atoms with E-state index in [9.17, 15) is 9.59 Å². The van der Waals surface area contributed by atoms with Gasteiger partial charge < -0.3 is 19.1 Å². The van der Waals surface area contributed by atoms with Crippen LogP contribution in [0.4, 0.5) is 0 Å². The molecule has 8 nitrogen and oxygen atoms in total. The molecule has 2 aromatic heterocycles. The van der Waals surface area contributed by atoms with E-state index in [0.29, 0.717) is 48.2 Å². The van der Waals surface area contributed by atoms with E-state index in [1.807, 2.05) is 13.8 Å². The predicted molar refractivity (Wildman–Crippen MR) is 89.5 cm³/mol. The zero-order valence-electron chi connectivity index (χ0n) is 14.8. The van der Waals surface area contributed by atoms with Gasteiger partial charge in [0, 0.05) is 12.6 Å². The van der Waals surface area contributed by atoms with Crippen LogP contribution in [0, 0.1) is 13.8 Å². The molecule has 134 valence electrons. The summed E-state index contributed by atoms with van der Waals surface area (Å²) < 4.78 is 11.0. The van der Waals surface area contributed by atoms with E-state index in [1.54, 1.807) is 18.7 Å². The molecule has 8 heteroatoms. The zero-order chi connectivity index (χ0) is 18.1. The number of nitrogens with one attached hydrogen (secondary N) is 1. The van der Waals surface area contributed by atoms with Crippen LogP contribution in [0.15, 0.2) is 15.4 Å². The average Bonchev–Trinajstić information content (AvgIpc) is 2.95. The number of nitrogens with zero attached hydrogens (tertiary/aromatic N) is 3. The molecule has 1 aliphatic rings. The second-order valence-electron chi connectivity index (χ2n) is 6.52. The number of hydrogen-bond donors (Lipinski definition) is 1. The Hall–Kier alpha value is -2.48. The fraction of sp³-hybridized carbons (Fsp3) is 0.529. The molecule has 25 heavy (non-hydrogen) atoms. The van der Waals surface area contributed by atoms with Crippen LogP contribution in [-0.4, -0.2) is 45.6 Å². The minimum Gasteiger partial charge on any atom is -0.368 e. The third kappa shape index (κ3) is 3.48. The van der Waals surface area contributed by atoms with Gasteiger partial charge in [-0.2, -0.15) is 0 Å². The van der Waals surface area contributed by atoms with Gasteiger partial charge in [-0.3, -0.25) is 9.59 Å². The van der Waals surface area contributed by atoms with Gasteiger partial charge in [0.2, 0.25) is 0 Å². The number of H-pyrrole nitrogens is 1. The fourth-order valence-electron chi connectivity index (χ4n) is 2.98. The molecule has 0 unspecified atom stereocenters. The summed E-state index contributed by atoms with van der Waals surface area (Å²) in [5, 5.41) is 4.02. The molecular weight excluding hydrogens is 324 g/mol. The van der Waals surface area contributed by atoms with E-state index in [-0.39, 0.29) is 17.4 Å². The number of aryl methyl sites for hydroxylation is 2. The molecule has 1 N–H and O–H groups in total. The quantitative estimate of drug-likeness (QED) is 0.908. The van der Waals surface area contributed by atoms with Crippen LogP contribution in [0.5, 0.6) is 0 Å². The first-order chi connectivity index (χ1) is 11.9. The normalized spacial score (nSPS) is 18.0. The van der Waals surface area contributed by atoms with Crippen molar-refractivity contribution >= 4 is 5.91 Å². The summed E-state index contributed by atoms with van der Waals surface area (Å²) in [6.45, 7) is 8.58. The van der Waals surface area contributed by atoms with Crippen LogP contribution < -0.4 is 5.56 Å². The molecule has 1 amide bonds. The molecule has 2 aromatic rings. The maximum Gasteiger partial charge on any atom is 0.259 e. The lowest BCUT2D eigenvalue weighted by atomic mass is 10.0. The van der Waals surface area contributed by atoms with Crippen LogP contribution in [0.2, 0.25) is 0 Å². The lowest BCUT2D eigenvalue weighted by Crippen LogP contribution is -2.43. The first-order valence-electron chi connectivity index (χ1n) is 8.31. The van der Waals surface area contributed by atoms with Crippen molar-refractivity contribution in [3.63, 3.8) is 0 Å². The van der Waals surface area contributed by atoms with E-state index in [2.05, 4.69) is 15.1 Å². The second kappa shape index (κ2) is 6.79. The number of amides is 1. The van der Waals surface area contributed by atoms with E-state index in [1.165, 1.54) is 6.07 Å². The summed E-state index contributed by atoms with van der Waals surface area (Å²) >= 11 is 0. The molecule has 0 spiro atoms. The van der Waals surface area contributed by atoms with Crippen molar-refractivity contribution in [2.75, 3.05) is 19.7 Å². The molecule has 3 rings (SSSR count). The number of rotatable bonds is 3. The van der Waals surface area contributed by atoms with Crippen molar-refractivity contribution in [1.82, 2.24) is 20.0 Å². The van der Waals surface area contributed by atoms with E-state index in [4.69, 9.17) is 9.26 Å². The largest absolute Gasteiger partial charge is 0.368 e. The number of carbonyl (C=O) groups excluding carboxylic acids is 1. The fourth-order valence-corrected chi connectivity index (χ4v) is 2.98. The first-order valence-corrected chi connectivity index (χ1v) is 8.31. The van der Waals surface area contributed by atoms with Crippen molar-refractivity contribution in [3.05, 3.63) is 45.0 Å². The predicted octanol–water partition coefficient (Wildman–Crippen LogP) is 1.71. The Morgan fingerprint density at radius 2 is 2.16 bits per heavy atom. The molecule has 1 atom stereocenters. The van der Waals surface area contributed by atoms with Crippen molar-refractivity contribution in [1.29, 1.82) is 0 Å². The Kier molecular flexibility index (Phi) is 4.71. The van der Waals surface area contributed by atoms with Gasteiger partial charge in [-0.1, -0.05) is 19.0 Å². The van der Waals surface area contributed by atoms with Crippen LogP contribution in [0.1, 0.15) is 59.2 Å². The lowest BCUT2D eigenvalue weighted by Gasteiger charge is -2.32. The standard InChI is InChI=1S/C17H22N4O4/c1-9(2)16-15(10(3)25-20-16)17(23)21-5-6-24-13(8-21)12-7-14(22)19-11(4)18-12/h7,9,13H,5-6,8H2,1-4H3,(H,18,19,22)/t13-/m1/s1. The van der Waals surface area contributed by atoms with E-state index in [0.717, 1.165) is 0 Å². The van der Waals surface area contributed by atoms with Crippen LogP contribution in [-0.2, 0) is 4.74 Å². The number of morpholine rings is 1. The van der Waals surface area contributed by atoms with E-state index < -0.39 is 6.10 Å². The molecule has 3 heterocycles. The zero-order valence-corrected chi connectivity index (χ0v) is 14.8. The molecule has 0 aliphatic carbocycles. The smallest absolute Gasteiger partial charge is 0.259 e. The lowest BCUT2D eigenvalue weighted by molar-refractivity contribution is -0.0249. The van der Waals surface area contributed by atoms with Crippen molar-refractivity contribution in [3.8, 4) is 0 Å². The molecule has 0 saturated carbocycles. The molecule has 1 saturated heterocycles. The van der Waals surface area contributed by atoms with Crippen molar-refractivity contribution < 1.29 is 14.1 Å². The van der Waals surface area contributed by atoms with Crippen LogP contribution in [0.3, 0.4) is 0 Å². The number of aromatic amines is 1. The van der Waals surface area contributed by atoms with Gasteiger partial charge in [-0.05, 0) is 19.8 Å². The molecule has 0 bridgehead atoms. The Balaban J connectivity index is 1.85. The van der Waals surface area contributed by atoms with Gasteiger partial charge in [0.1, 0.15) is 23.3 Å². The monoisotopic (exact) mass is 346 g/mol. The Morgan fingerprint density at radius 3 is 2.84 bits per heavy atom. The number of ether oxygens (including phenoxy) is 1. The van der Waals surface area contributed by atoms with Crippen LogP contribution >= 0.6 is 0 Å². The molecule has 1 aliphatic heterocycles. The summed E-state index contributed by atoms with van der Waals surface area (Å²) in [5.41, 5.74) is 1.48. The third-order valence-electron chi connectivity index (χ3n) is 4.21. The van der Waals surface area contributed by atoms with Gasteiger partial charge >= 0.3 is 0 Å². The highest BCUT2D eigenvalue weighted by atomic mass is 16.5. The Morgan fingerprint density at radius 1 is 1.40 bits per heavy atom. The SMILES string of the molecule is Cc1nc([C@H]2CN(C(=O)c3c(C(C)C)noc3C)CCO2)cc(=O)[nH]1. The molecule has 1 fully saturated rings. The first kappa shape index (κ1) is 17.3. The maximum atomic E-state index is 13.0. The molecule has 0 radical (unpaired) electrons. The summed E-state index contributed by atoms with van der Waals surface area (Å²) in [5.74, 6) is 0.996. The van der Waals surface area contributed by atoms with Gasteiger partial charge in [-0.25, -0.2) is 4.98 Å². The minimum absolute atomic E-state index is 0.0882. The average molecular weight is 346 g/mol. The van der Waals surface area contributed by atoms with Crippen molar-refractivity contribution in [2.24, 2.45) is 0 Å².